The molecule has 4 aromatic rings. The van der Waals surface area contributed by atoms with E-state index in [0.717, 1.165) is 12.3 Å². The van der Waals surface area contributed by atoms with Gasteiger partial charge in [-0.15, -0.1) is 0 Å². The molecule has 2 aromatic carbocycles. The first-order valence-corrected chi connectivity index (χ1v) is 15.7. The van der Waals surface area contributed by atoms with Crippen molar-refractivity contribution in [3.05, 3.63) is 77.1 Å². The monoisotopic (exact) mass is 623 g/mol. The Morgan fingerprint density at radius 1 is 1.16 bits per heavy atom. The fraction of sp³-hybridized carbons (Fsp3) is 0.323. The number of benzene rings is 2. The first-order valence-electron chi connectivity index (χ1n) is 13.8. The molecule has 0 unspecified atom stereocenters. The summed E-state index contributed by atoms with van der Waals surface area (Å²) in [5.41, 5.74) is 7.15. The van der Waals surface area contributed by atoms with Gasteiger partial charge in [-0.25, -0.2) is 22.2 Å². The molecule has 3 heterocycles. The average Bonchev–Trinajstić information content (AvgIpc) is 3.25. The predicted octanol–water partition coefficient (Wildman–Crippen LogP) is 3.38. The summed E-state index contributed by atoms with van der Waals surface area (Å²) < 4.78 is 61.6. The molecule has 1 amide bonds. The normalized spacial score (nSPS) is 15.4. The van der Waals surface area contributed by atoms with Gasteiger partial charge in [0.2, 0.25) is 15.9 Å². The van der Waals surface area contributed by atoms with Crippen LogP contribution in [-0.2, 0) is 33.0 Å². The lowest BCUT2D eigenvalue weighted by Crippen LogP contribution is -2.34. The van der Waals surface area contributed by atoms with Gasteiger partial charge in [0.05, 0.1) is 30.7 Å². The molecular formula is C31H31F2N5O5S. The number of hydrogen-bond acceptors (Lipinski definition) is 7. The van der Waals surface area contributed by atoms with Crippen molar-refractivity contribution in [3.63, 3.8) is 0 Å². The number of aromatic nitrogens is 3. The Hall–Kier alpha value is -4.38. The number of nitrogens with two attached hydrogens (primary N) is 1. The van der Waals surface area contributed by atoms with Gasteiger partial charge in [0.1, 0.15) is 22.9 Å². The molecule has 230 valence electrons. The smallest absolute Gasteiger partial charge is 0.231 e. The van der Waals surface area contributed by atoms with Crippen LogP contribution in [0.3, 0.4) is 0 Å². The number of hydrogen-bond donors (Lipinski definition) is 3. The number of sulfonamides is 1. The van der Waals surface area contributed by atoms with Crippen LogP contribution in [0.4, 0.5) is 14.6 Å². The highest BCUT2D eigenvalue weighted by Crippen LogP contribution is 2.38. The summed E-state index contributed by atoms with van der Waals surface area (Å²) in [7, 11) is -1.97. The Bertz CT molecular complexity index is 1890. The van der Waals surface area contributed by atoms with Crippen LogP contribution in [0.2, 0.25) is 0 Å². The van der Waals surface area contributed by atoms with E-state index in [4.69, 9.17) is 15.5 Å². The maximum atomic E-state index is 14.1. The fourth-order valence-corrected chi connectivity index (χ4v) is 5.93. The Morgan fingerprint density at radius 3 is 2.52 bits per heavy atom. The van der Waals surface area contributed by atoms with Gasteiger partial charge in [0.25, 0.3) is 0 Å². The number of aryl methyl sites for hydroxylation is 1. The van der Waals surface area contributed by atoms with Crippen LogP contribution in [0, 0.1) is 23.5 Å². The summed E-state index contributed by atoms with van der Waals surface area (Å²) in [6, 6.07) is 11.8. The van der Waals surface area contributed by atoms with Gasteiger partial charge < -0.3 is 15.6 Å². The standard InChI is InChI=1S/C31H31F2N5O5S/c1-38-29-25(4-3-5-26(29)30(36-38)37-44(2,41)42)24-7-6-23(8-9-31(40)10-12-43-13-11-31)35-28(24)20(17-27(34)39)14-19-15-21(32)18-22(33)16-19/h3-7,15-16,18,20,40H,10-14,17H2,1-2H3,(H2,34,39)(H,36,37)/t20-/m0/s1. The molecule has 10 nitrogen and oxygen atoms in total. The summed E-state index contributed by atoms with van der Waals surface area (Å²) in [4.78, 5) is 17.1. The average molecular weight is 624 g/mol. The summed E-state index contributed by atoms with van der Waals surface area (Å²) in [5.74, 6) is 3.08. The van der Waals surface area contributed by atoms with Crippen molar-refractivity contribution < 1.29 is 31.8 Å². The zero-order chi connectivity index (χ0) is 31.6. The molecule has 4 N–H and O–H groups in total. The molecule has 13 heteroatoms. The van der Waals surface area contributed by atoms with E-state index in [1.165, 1.54) is 16.8 Å². The number of aliphatic hydroxyl groups is 1. The van der Waals surface area contributed by atoms with Crippen molar-refractivity contribution in [1.29, 1.82) is 0 Å². The Labute approximate surface area is 253 Å². The van der Waals surface area contributed by atoms with Crippen molar-refractivity contribution in [1.82, 2.24) is 14.8 Å². The zero-order valence-electron chi connectivity index (χ0n) is 24.1. The second kappa shape index (κ2) is 12.3. The second-order valence-electron chi connectivity index (χ2n) is 10.9. The number of rotatable bonds is 8. The summed E-state index contributed by atoms with van der Waals surface area (Å²) in [6.45, 7) is 0.747. The predicted molar refractivity (Wildman–Crippen MR) is 161 cm³/mol. The number of para-hydroxylation sites is 1. The number of pyridine rings is 1. The van der Waals surface area contributed by atoms with Crippen molar-refractivity contribution >= 4 is 32.7 Å². The molecule has 0 aliphatic carbocycles. The van der Waals surface area contributed by atoms with Crippen LogP contribution in [0.5, 0.6) is 0 Å². The lowest BCUT2D eigenvalue weighted by atomic mass is 9.87. The maximum absolute atomic E-state index is 14.1. The first kappa shape index (κ1) is 31.1. The van der Waals surface area contributed by atoms with Crippen molar-refractivity contribution in [2.45, 2.75) is 37.2 Å². The molecule has 0 saturated carbocycles. The van der Waals surface area contributed by atoms with E-state index in [1.54, 1.807) is 37.4 Å². The number of nitrogens with one attached hydrogen (secondary N) is 1. The van der Waals surface area contributed by atoms with Gasteiger partial charge in [-0.1, -0.05) is 18.1 Å². The highest BCUT2D eigenvalue weighted by Gasteiger charge is 2.28. The number of ether oxygens (including phenoxy) is 1. The number of nitrogens with zero attached hydrogens (tertiary/aromatic N) is 3. The third kappa shape index (κ3) is 7.21. The summed E-state index contributed by atoms with van der Waals surface area (Å²) >= 11 is 0. The number of halogens is 2. The third-order valence-corrected chi connectivity index (χ3v) is 7.91. The van der Waals surface area contributed by atoms with E-state index in [1.807, 2.05) is 0 Å². The summed E-state index contributed by atoms with van der Waals surface area (Å²) in [5, 5.41) is 15.8. The Morgan fingerprint density at radius 2 is 1.86 bits per heavy atom. The highest BCUT2D eigenvalue weighted by molar-refractivity contribution is 7.92. The number of anilines is 1. The molecule has 1 atom stereocenters. The Kier molecular flexibility index (Phi) is 8.69. The minimum absolute atomic E-state index is 0.0258. The molecule has 1 aliphatic rings. The van der Waals surface area contributed by atoms with Gasteiger partial charge in [0.15, 0.2) is 5.82 Å². The lowest BCUT2D eigenvalue weighted by molar-refractivity contribution is -0.118. The lowest BCUT2D eigenvalue weighted by Gasteiger charge is -2.26. The summed E-state index contributed by atoms with van der Waals surface area (Å²) in [6.07, 6.45) is 1.54. The fourth-order valence-electron chi connectivity index (χ4n) is 5.43. The van der Waals surface area contributed by atoms with Gasteiger partial charge in [-0.2, -0.15) is 5.10 Å². The number of carbonyl (C=O) groups excluding carboxylic acids is 1. The zero-order valence-corrected chi connectivity index (χ0v) is 24.9. The minimum Gasteiger partial charge on any atom is -0.381 e. The van der Waals surface area contributed by atoms with Crippen molar-refractivity contribution in [3.8, 4) is 23.0 Å². The van der Waals surface area contributed by atoms with Gasteiger partial charge in [-0.05, 0) is 48.2 Å². The SMILES string of the molecule is Cn1nc(NS(C)(=O)=O)c2cccc(-c3ccc(C#CC4(O)CCOCC4)nc3[C@H](CC(N)=O)Cc3cc(F)cc(F)c3)c21. The first-order chi connectivity index (χ1) is 20.8. The minimum atomic E-state index is -3.63. The van der Waals surface area contributed by atoms with Crippen molar-refractivity contribution in [2.24, 2.45) is 12.8 Å². The van der Waals surface area contributed by atoms with Gasteiger partial charge in [0, 0.05) is 54.8 Å². The van der Waals surface area contributed by atoms with Crippen molar-refractivity contribution in [2.75, 3.05) is 24.2 Å². The highest BCUT2D eigenvalue weighted by atomic mass is 32.2. The van der Waals surface area contributed by atoms with Crippen LogP contribution < -0.4 is 10.5 Å². The van der Waals surface area contributed by atoms with Crippen LogP contribution in [0.1, 0.15) is 42.1 Å². The van der Waals surface area contributed by atoms with Crippen LogP contribution in [0.15, 0.2) is 48.5 Å². The van der Waals surface area contributed by atoms with Gasteiger partial charge in [-0.3, -0.25) is 14.2 Å². The molecule has 1 aliphatic heterocycles. The molecule has 1 saturated heterocycles. The number of primary amides is 1. The molecule has 44 heavy (non-hydrogen) atoms. The Balaban J connectivity index is 1.70. The largest absolute Gasteiger partial charge is 0.381 e. The molecule has 0 radical (unpaired) electrons. The number of amides is 1. The van der Waals surface area contributed by atoms with Gasteiger partial charge >= 0.3 is 0 Å². The van der Waals surface area contributed by atoms with E-state index in [9.17, 15) is 27.1 Å². The molecule has 2 aromatic heterocycles. The van der Waals surface area contributed by atoms with E-state index >= 15 is 0 Å². The molecule has 0 bridgehead atoms. The van der Waals surface area contributed by atoms with Crippen LogP contribution in [-0.4, -0.2) is 59.3 Å². The third-order valence-electron chi connectivity index (χ3n) is 7.34. The van der Waals surface area contributed by atoms with Crippen LogP contribution >= 0.6 is 0 Å². The quantitative estimate of drug-likeness (QED) is 0.255. The topological polar surface area (TPSA) is 149 Å². The number of carbonyl (C=O) groups is 1. The van der Waals surface area contributed by atoms with E-state index < -0.39 is 39.1 Å². The molecule has 5 rings (SSSR count). The van der Waals surface area contributed by atoms with Crippen LogP contribution in [0.25, 0.3) is 22.0 Å². The molecular weight excluding hydrogens is 592 g/mol. The van der Waals surface area contributed by atoms with E-state index in [-0.39, 0.29) is 18.7 Å². The van der Waals surface area contributed by atoms with E-state index in [2.05, 4.69) is 21.7 Å². The second-order valence-corrected chi connectivity index (χ2v) is 12.7. The molecule has 0 spiro atoms. The van der Waals surface area contributed by atoms with E-state index in [0.29, 0.717) is 65.0 Å². The molecule has 1 fully saturated rings. The maximum Gasteiger partial charge on any atom is 0.231 e. The number of fused-ring (bicyclic) bond motifs is 1.